The highest BCUT2D eigenvalue weighted by molar-refractivity contribution is 4.89. The van der Waals surface area contributed by atoms with Crippen molar-refractivity contribution < 1.29 is 14.9 Å². The van der Waals surface area contributed by atoms with Gasteiger partial charge in [0.1, 0.15) is 0 Å². The summed E-state index contributed by atoms with van der Waals surface area (Å²) in [5.41, 5.74) is -0.539. The average molecular weight is 201 g/mol. The molecule has 2 unspecified atom stereocenters. The number of hydrogen-bond donors (Lipinski definition) is 3. The predicted molar refractivity (Wildman–Crippen MR) is 52.0 cm³/mol. The lowest BCUT2D eigenvalue weighted by Gasteiger charge is -2.25. The second-order valence-corrected chi connectivity index (χ2v) is 4.52. The van der Waals surface area contributed by atoms with Crippen LogP contribution in [0.4, 0.5) is 0 Å². The van der Waals surface area contributed by atoms with Gasteiger partial charge in [0.05, 0.1) is 31.0 Å². The molecule has 0 aromatic rings. The molecule has 2 rings (SSSR count). The Morgan fingerprint density at radius 3 is 2.57 bits per heavy atom. The Kier molecular flexibility index (Phi) is 3.07. The Hall–Kier alpha value is -0.160. The van der Waals surface area contributed by atoms with Crippen LogP contribution in [0.3, 0.4) is 0 Å². The number of nitrogens with one attached hydrogen (secondary N) is 1. The van der Waals surface area contributed by atoms with Gasteiger partial charge in [-0.25, -0.2) is 0 Å². The molecule has 4 heteroatoms. The van der Waals surface area contributed by atoms with Crippen LogP contribution in [0.2, 0.25) is 0 Å². The van der Waals surface area contributed by atoms with Crippen LogP contribution >= 0.6 is 0 Å². The summed E-state index contributed by atoms with van der Waals surface area (Å²) < 4.78 is 5.12. The Bertz CT molecular complexity index is 192. The molecule has 1 saturated carbocycles. The van der Waals surface area contributed by atoms with Crippen LogP contribution in [0.15, 0.2) is 0 Å². The first-order valence-electron chi connectivity index (χ1n) is 5.41. The second-order valence-electron chi connectivity index (χ2n) is 4.52. The Morgan fingerprint density at radius 1 is 1.29 bits per heavy atom. The molecule has 1 heterocycles. The van der Waals surface area contributed by atoms with E-state index in [4.69, 9.17) is 4.74 Å². The molecule has 4 nitrogen and oxygen atoms in total. The minimum Gasteiger partial charge on any atom is -0.389 e. The third-order valence-electron chi connectivity index (χ3n) is 3.28. The van der Waals surface area contributed by atoms with Crippen molar-refractivity contribution in [3.8, 4) is 0 Å². The number of hydrogen-bond acceptors (Lipinski definition) is 4. The van der Waals surface area contributed by atoms with Crippen molar-refractivity contribution in [2.75, 3.05) is 19.8 Å². The molecule has 14 heavy (non-hydrogen) atoms. The zero-order valence-corrected chi connectivity index (χ0v) is 8.41. The smallest absolute Gasteiger partial charge is 0.0948 e. The van der Waals surface area contributed by atoms with Gasteiger partial charge in [0, 0.05) is 6.54 Å². The molecule has 0 aromatic heterocycles. The van der Waals surface area contributed by atoms with Crippen LogP contribution in [0, 0.1) is 0 Å². The van der Waals surface area contributed by atoms with Crippen molar-refractivity contribution in [1.29, 1.82) is 0 Å². The first-order chi connectivity index (χ1) is 6.70. The van der Waals surface area contributed by atoms with E-state index in [-0.39, 0.29) is 6.04 Å². The molecule has 0 amide bonds. The SMILES string of the molecule is OC1COCC1NCC1(O)CCCC1. The molecule has 2 atom stereocenters. The fraction of sp³-hybridized carbons (Fsp3) is 1.00. The lowest BCUT2D eigenvalue weighted by molar-refractivity contribution is 0.0399. The van der Waals surface area contributed by atoms with Crippen molar-refractivity contribution in [1.82, 2.24) is 5.32 Å². The molecular weight excluding hydrogens is 182 g/mol. The summed E-state index contributed by atoms with van der Waals surface area (Å²) in [6.45, 7) is 1.55. The molecule has 0 bridgehead atoms. The summed E-state index contributed by atoms with van der Waals surface area (Å²) in [4.78, 5) is 0. The van der Waals surface area contributed by atoms with Crippen molar-refractivity contribution in [2.45, 2.75) is 43.4 Å². The number of aliphatic hydroxyl groups is 2. The third-order valence-corrected chi connectivity index (χ3v) is 3.28. The lowest BCUT2D eigenvalue weighted by atomic mass is 10.0. The van der Waals surface area contributed by atoms with Crippen LogP contribution in [0.25, 0.3) is 0 Å². The van der Waals surface area contributed by atoms with Gasteiger partial charge in [0.2, 0.25) is 0 Å². The van der Waals surface area contributed by atoms with E-state index in [1.165, 1.54) is 0 Å². The molecule has 2 fully saturated rings. The van der Waals surface area contributed by atoms with Crippen LogP contribution in [-0.4, -0.2) is 47.7 Å². The van der Waals surface area contributed by atoms with E-state index in [1.54, 1.807) is 0 Å². The van der Waals surface area contributed by atoms with Crippen LogP contribution in [0.1, 0.15) is 25.7 Å². The van der Waals surface area contributed by atoms with Gasteiger partial charge in [-0.1, -0.05) is 12.8 Å². The number of aliphatic hydroxyl groups excluding tert-OH is 1. The van der Waals surface area contributed by atoms with Gasteiger partial charge in [0.25, 0.3) is 0 Å². The van der Waals surface area contributed by atoms with Gasteiger partial charge in [-0.05, 0) is 12.8 Å². The molecule has 0 aromatic carbocycles. The molecular formula is C10H19NO3. The van der Waals surface area contributed by atoms with E-state index in [1.807, 2.05) is 0 Å². The quantitative estimate of drug-likeness (QED) is 0.583. The van der Waals surface area contributed by atoms with E-state index in [2.05, 4.69) is 5.32 Å². The van der Waals surface area contributed by atoms with Crippen molar-refractivity contribution in [3.05, 3.63) is 0 Å². The highest BCUT2D eigenvalue weighted by atomic mass is 16.5. The zero-order chi connectivity index (χ0) is 10.0. The number of rotatable bonds is 3. The number of ether oxygens (including phenoxy) is 1. The van der Waals surface area contributed by atoms with E-state index in [0.29, 0.717) is 19.8 Å². The normalized spacial score (nSPS) is 36.4. The van der Waals surface area contributed by atoms with Gasteiger partial charge >= 0.3 is 0 Å². The lowest BCUT2D eigenvalue weighted by Crippen LogP contribution is -2.47. The van der Waals surface area contributed by atoms with Crippen molar-refractivity contribution >= 4 is 0 Å². The van der Waals surface area contributed by atoms with Crippen LogP contribution in [0.5, 0.6) is 0 Å². The molecule has 82 valence electrons. The first-order valence-corrected chi connectivity index (χ1v) is 5.41. The fourth-order valence-electron chi connectivity index (χ4n) is 2.27. The molecule has 1 aliphatic heterocycles. The summed E-state index contributed by atoms with van der Waals surface area (Å²) in [5.74, 6) is 0. The molecule has 1 saturated heterocycles. The summed E-state index contributed by atoms with van der Waals surface area (Å²) in [5, 5.41) is 22.7. The van der Waals surface area contributed by atoms with Gasteiger partial charge in [-0.3, -0.25) is 0 Å². The van der Waals surface area contributed by atoms with E-state index in [9.17, 15) is 10.2 Å². The molecule has 3 N–H and O–H groups in total. The van der Waals surface area contributed by atoms with Gasteiger partial charge in [0.15, 0.2) is 0 Å². The van der Waals surface area contributed by atoms with Crippen LogP contribution < -0.4 is 5.32 Å². The zero-order valence-electron chi connectivity index (χ0n) is 8.41. The van der Waals surface area contributed by atoms with Crippen molar-refractivity contribution in [3.63, 3.8) is 0 Å². The minimum atomic E-state index is -0.539. The summed E-state index contributed by atoms with van der Waals surface area (Å²) in [7, 11) is 0. The van der Waals surface area contributed by atoms with E-state index in [0.717, 1.165) is 25.7 Å². The third kappa shape index (κ3) is 2.25. The Labute approximate surface area is 84.3 Å². The summed E-state index contributed by atoms with van der Waals surface area (Å²) >= 11 is 0. The Morgan fingerprint density at radius 2 is 2.00 bits per heavy atom. The molecule has 0 spiro atoms. The molecule has 2 aliphatic rings. The maximum absolute atomic E-state index is 10.1. The highest BCUT2D eigenvalue weighted by Crippen LogP contribution is 2.28. The van der Waals surface area contributed by atoms with Crippen molar-refractivity contribution in [2.24, 2.45) is 0 Å². The second kappa shape index (κ2) is 4.14. The predicted octanol–water partition coefficient (Wildman–Crippen LogP) is -0.359. The monoisotopic (exact) mass is 201 g/mol. The maximum atomic E-state index is 10.1. The fourth-order valence-corrected chi connectivity index (χ4v) is 2.27. The molecule has 0 radical (unpaired) electrons. The largest absolute Gasteiger partial charge is 0.389 e. The molecule has 1 aliphatic carbocycles. The van der Waals surface area contributed by atoms with Gasteiger partial charge in [-0.2, -0.15) is 0 Å². The summed E-state index contributed by atoms with van der Waals surface area (Å²) in [6, 6.07) is -0.000347. The first kappa shape index (κ1) is 10.4. The van der Waals surface area contributed by atoms with Gasteiger partial charge < -0.3 is 20.3 Å². The van der Waals surface area contributed by atoms with Crippen LogP contribution in [-0.2, 0) is 4.74 Å². The topological polar surface area (TPSA) is 61.7 Å². The van der Waals surface area contributed by atoms with E-state index < -0.39 is 11.7 Å². The highest BCUT2D eigenvalue weighted by Gasteiger charge is 2.33. The summed E-state index contributed by atoms with van der Waals surface area (Å²) in [6.07, 6.45) is 3.57. The van der Waals surface area contributed by atoms with E-state index >= 15 is 0 Å². The maximum Gasteiger partial charge on any atom is 0.0948 e. The minimum absolute atomic E-state index is 0.000347. The average Bonchev–Trinajstić information content (AvgIpc) is 2.73. The Balaban J connectivity index is 1.75. The van der Waals surface area contributed by atoms with Gasteiger partial charge in [-0.15, -0.1) is 0 Å². The standard InChI is InChI=1S/C10H19NO3/c12-9-6-14-5-8(9)11-7-10(13)3-1-2-4-10/h8-9,11-13H,1-7H2.